The summed E-state index contributed by atoms with van der Waals surface area (Å²) in [4.78, 5) is 37.9. The normalized spacial score (nSPS) is 12.7. The highest BCUT2D eigenvalue weighted by Crippen LogP contribution is 2.17. The van der Waals surface area contributed by atoms with Crippen LogP contribution in [-0.4, -0.2) is 37.2 Å². The predicted octanol–water partition coefficient (Wildman–Crippen LogP) is 20.7. The van der Waals surface area contributed by atoms with Crippen molar-refractivity contribution in [3.05, 3.63) is 85.1 Å². The van der Waals surface area contributed by atoms with E-state index in [4.69, 9.17) is 14.2 Å². The first-order valence-corrected chi connectivity index (χ1v) is 30.6. The van der Waals surface area contributed by atoms with Crippen molar-refractivity contribution in [1.29, 1.82) is 0 Å². The molecule has 0 bridgehead atoms. The number of carbonyl (C=O) groups excluding carboxylic acids is 3. The fourth-order valence-corrected chi connectivity index (χ4v) is 8.63. The van der Waals surface area contributed by atoms with Crippen LogP contribution in [0.5, 0.6) is 0 Å². The standard InChI is InChI=1S/C66H114O6/c1-4-7-10-13-16-18-20-22-24-26-27-28-29-30-31-32-33-34-35-36-37-38-39-41-42-44-46-48-50-53-56-59-65(68)71-62-63(61-70-64(67)58-55-52-15-12-9-6-3)72-66(69)60-57-54-51-49-47-45-43-40-25-23-21-19-17-14-11-8-5-2/h7-8,10-11,16-19,22-25,27-28,63H,4-6,9,12-15,20-21,26,29-62H2,1-3H3/b10-7-,11-8-,18-16-,19-17-,24-22-,25-23-,28-27-. The molecule has 72 heavy (non-hydrogen) atoms. The quantitative estimate of drug-likeness (QED) is 0.0261. The minimum Gasteiger partial charge on any atom is -0.462 e. The van der Waals surface area contributed by atoms with Gasteiger partial charge in [0.2, 0.25) is 0 Å². The lowest BCUT2D eigenvalue weighted by Gasteiger charge is -2.18. The van der Waals surface area contributed by atoms with Gasteiger partial charge in [-0.15, -0.1) is 0 Å². The van der Waals surface area contributed by atoms with Crippen LogP contribution in [0.25, 0.3) is 0 Å². The number of rotatable bonds is 55. The van der Waals surface area contributed by atoms with Crippen LogP contribution >= 0.6 is 0 Å². The first kappa shape index (κ1) is 68.6. The molecule has 0 aromatic rings. The third-order valence-electron chi connectivity index (χ3n) is 13.1. The van der Waals surface area contributed by atoms with E-state index < -0.39 is 6.10 Å². The minimum absolute atomic E-state index is 0.0774. The van der Waals surface area contributed by atoms with Crippen molar-refractivity contribution in [2.75, 3.05) is 13.2 Å². The summed E-state index contributed by atoms with van der Waals surface area (Å²) in [5.41, 5.74) is 0. The highest BCUT2D eigenvalue weighted by molar-refractivity contribution is 5.71. The van der Waals surface area contributed by atoms with Crippen LogP contribution in [0.1, 0.15) is 297 Å². The SMILES string of the molecule is CC/C=C\C/C=C\C/C=C\C/C=C\CCCCCCCCCCCCCCCCCCCCC(=O)OCC(COC(=O)CCCCCCCC)OC(=O)CCCCCCCCC/C=C\C/C=C\C/C=C\CC. The Bertz CT molecular complexity index is 1380. The van der Waals surface area contributed by atoms with Gasteiger partial charge in [-0.3, -0.25) is 14.4 Å². The Morgan fingerprint density at radius 2 is 0.542 bits per heavy atom. The molecular formula is C66H114O6. The summed E-state index contributed by atoms with van der Waals surface area (Å²) < 4.78 is 16.8. The number of ether oxygens (including phenoxy) is 3. The summed E-state index contributed by atoms with van der Waals surface area (Å²) in [6.07, 6.45) is 79.2. The zero-order valence-electron chi connectivity index (χ0n) is 47.4. The monoisotopic (exact) mass is 1000 g/mol. The maximum Gasteiger partial charge on any atom is 0.306 e. The molecule has 6 heteroatoms. The summed E-state index contributed by atoms with van der Waals surface area (Å²) in [6, 6.07) is 0. The first-order chi connectivity index (χ1) is 35.5. The van der Waals surface area contributed by atoms with Crippen LogP contribution in [0.3, 0.4) is 0 Å². The van der Waals surface area contributed by atoms with Gasteiger partial charge in [0.25, 0.3) is 0 Å². The minimum atomic E-state index is -0.777. The summed E-state index contributed by atoms with van der Waals surface area (Å²) in [7, 11) is 0. The van der Waals surface area contributed by atoms with Gasteiger partial charge in [0.15, 0.2) is 6.10 Å². The number of unbranched alkanes of at least 4 members (excludes halogenated alkanes) is 30. The molecule has 0 aliphatic heterocycles. The van der Waals surface area contributed by atoms with E-state index in [-0.39, 0.29) is 31.1 Å². The molecule has 0 aromatic heterocycles. The Hall–Kier alpha value is -3.41. The molecule has 1 atom stereocenters. The molecule has 414 valence electrons. The molecule has 0 aromatic carbocycles. The van der Waals surface area contributed by atoms with Crippen molar-refractivity contribution < 1.29 is 28.6 Å². The second-order valence-electron chi connectivity index (χ2n) is 20.2. The van der Waals surface area contributed by atoms with Crippen LogP contribution in [0.4, 0.5) is 0 Å². The lowest BCUT2D eigenvalue weighted by atomic mass is 10.0. The largest absolute Gasteiger partial charge is 0.462 e. The van der Waals surface area contributed by atoms with E-state index >= 15 is 0 Å². The number of carbonyl (C=O) groups is 3. The second-order valence-corrected chi connectivity index (χ2v) is 20.2. The molecule has 0 rings (SSSR count). The van der Waals surface area contributed by atoms with E-state index in [0.717, 1.165) is 109 Å². The maximum atomic E-state index is 12.8. The summed E-state index contributed by atoms with van der Waals surface area (Å²) in [5.74, 6) is -0.888. The number of esters is 3. The van der Waals surface area contributed by atoms with Crippen molar-refractivity contribution in [2.45, 2.75) is 303 Å². The molecule has 0 aliphatic rings. The van der Waals surface area contributed by atoms with Gasteiger partial charge in [-0.2, -0.15) is 0 Å². The van der Waals surface area contributed by atoms with Crippen LogP contribution in [0.2, 0.25) is 0 Å². The Morgan fingerprint density at radius 3 is 0.847 bits per heavy atom. The Balaban J connectivity index is 4.01. The highest BCUT2D eigenvalue weighted by atomic mass is 16.6. The molecule has 0 spiro atoms. The van der Waals surface area contributed by atoms with E-state index in [0.29, 0.717) is 19.3 Å². The topological polar surface area (TPSA) is 78.9 Å². The third-order valence-corrected chi connectivity index (χ3v) is 13.1. The number of allylic oxidation sites excluding steroid dienone is 14. The average molecular weight is 1000 g/mol. The van der Waals surface area contributed by atoms with E-state index in [2.05, 4.69) is 106 Å². The van der Waals surface area contributed by atoms with Crippen LogP contribution in [0.15, 0.2) is 85.1 Å². The van der Waals surface area contributed by atoms with Crippen molar-refractivity contribution in [1.82, 2.24) is 0 Å². The maximum absolute atomic E-state index is 12.8. The van der Waals surface area contributed by atoms with Crippen LogP contribution < -0.4 is 0 Å². The molecule has 0 amide bonds. The number of hydrogen-bond acceptors (Lipinski definition) is 6. The Morgan fingerprint density at radius 1 is 0.292 bits per heavy atom. The van der Waals surface area contributed by atoms with Gasteiger partial charge in [-0.05, 0) is 89.9 Å². The molecule has 1 unspecified atom stereocenters. The van der Waals surface area contributed by atoms with Gasteiger partial charge < -0.3 is 14.2 Å². The average Bonchev–Trinajstić information content (AvgIpc) is 3.38. The molecule has 0 N–H and O–H groups in total. The fourth-order valence-electron chi connectivity index (χ4n) is 8.63. The molecule has 0 heterocycles. The lowest BCUT2D eigenvalue weighted by Crippen LogP contribution is -2.30. The highest BCUT2D eigenvalue weighted by Gasteiger charge is 2.19. The van der Waals surface area contributed by atoms with E-state index in [1.165, 1.54) is 148 Å². The van der Waals surface area contributed by atoms with Crippen molar-refractivity contribution in [2.24, 2.45) is 0 Å². The van der Waals surface area contributed by atoms with Crippen molar-refractivity contribution in [3.63, 3.8) is 0 Å². The molecule has 0 radical (unpaired) electrons. The predicted molar refractivity (Wildman–Crippen MR) is 311 cm³/mol. The first-order valence-electron chi connectivity index (χ1n) is 30.6. The van der Waals surface area contributed by atoms with E-state index in [9.17, 15) is 14.4 Å². The third kappa shape index (κ3) is 57.5. The summed E-state index contributed by atoms with van der Waals surface area (Å²) in [6.45, 7) is 6.37. The van der Waals surface area contributed by atoms with Crippen molar-refractivity contribution in [3.8, 4) is 0 Å². The smallest absolute Gasteiger partial charge is 0.306 e. The van der Waals surface area contributed by atoms with Crippen LogP contribution in [0, 0.1) is 0 Å². The zero-order valence-corrected chi connectivity index (χ0v) is 47.4. The Labute approximate surface area is 445 Å². The van der Waals surface area contributed by atoms with Gasteiger partial charge in [-0.1, -0.05) is 273 Å². The fraction of sp³-hybridized carbons (Fsp3) is 0.742. The molecular weight excluding hydrogens is 889 g/mol. The molecule has 0 aliphatic carbocycles. The van der Waals surface area contributed by atoms with Gasteiger partial charge in [0.1, 0.15) is 13.2 Å². The molecule has 0 fully saturated rings. The van der Waals surface area contributed by atoms with E-state index in [1.54, 1.807) is 0 Å². The molecule has 6 nitrogen and oxygen atoms in total. The van der Waals surface area contributed by atoms with E-state index in [1.807, 2.05) is 0 Å². The zero-order chi connectivity index (χ0) is 52.2. The lowest BCUT2D eigenvalue weighted by molar-refractivity contribution is -0.167. The van der Waals surface area contributed by atoms with Crippen molar-refractivity contribution >= 4 is 17.9 Å². The number of hydrogen-bond donors (Lipinski definition) is 0. The van der Waals surface area contributed by atoms with Gasteiger partial charge >= 0.3 is 17.9 Å². The Kier molecular flexibility index (Phi) is 57.3. The summed E-state index contributed by atoms with van der Waals surface area (Å²) in [5, 5.41) is 0. The summed E-state index contributed by atoms with van der Waals surface area (Å²) >= 11 is 0. The van der Waals surface area contributed by atoms with Gasteiger partial charge in [-0.25, -0.2) is 0 Å². The second kappa shape index (κ2) is 60.1. The molecule has 0 saturated heterocycles. The van der Waals surface area contributed by atoms with Gasteiger partial charge in [0.05, 0.1) is 0 Å². The van der Waals surface area contributed by atoms with Crippen LogP contribution in [-0.2, 0) is 28.6 Å². The van der Waals surface area contributed by atoms with Gasteiger partial charge in [0, 0.05) is 19.3 Å². The molecule has 0 saturated carbocycles.